The number of unbranched alkanes of at least 4 members (excludes halogenated alkanes) is 15. The summed E-state index contributed by atoms with van der Waals surface area (Å²) < 4.78 is 0. The van der Waals surface area contributed by atoms with Gasteiger partial charge in [-0.2, -0.15) is 0 Å². The molecule has 0 aliphatic carbocycles. The molecule has 0 saturated carbocycles. The third-order valence-electron chi connectivity index (χ3n) is 4.72. The van der Waals surface area contributed by atoms with Gasteiger partial charge in [-0.05, 0) is 18.8 Å². The molecule has 2 nitrogen and oxygen atoms in total. The predicted octanol–water partition coefficient (Wildman–Crippen LogP) is 7.27. The lowest BCUT2D eigenvalue weighted by atomic mass is 10.0. The van der Waals surface area contributed by atoms with Crippen LogP contribution in [0.2, 0.25) is 0 Å². The quantitative estimate of drug-likeness (QED) is 0.253. The van der Waals surface area contributed by atoms with E-state index in [4.69, 9.17) is 10.2 Å². The molecule has 0 unspecified atom stereocenters. The van der Waals surface area contributed by atoms with Gasteiger partial charge in [0.2, 0.25) is 0 Å². The van der Waals surface area contributed by atoms with Crippen molar-refractivity contribution < 1.29 is 10.2 Å². The third-order valence-corrected chi connectivity index (χ3v) is 4.72. The second kappa shape index (κ2) is 26.2. The monoisotopic (exact) mass is 358 g/mol. The van der Waals surface area contributed by atoms with Crippen LogP contribution in [0.3, 0.4) is 0 Å². The Morgan fingerprint density at radius 3 is 1.00 bits per heavy atom. The van der Waals surface area contributed by atoms with Crippen LogP contribution >= 0.6 is 0 Å². The first kappa shape index (κ1) is 27.1. The highest BCUT2D eigenvalue weighted by Crippen LogP contribution is 2.13. The molecule has 0 bridgehead atoms. The Morgan fingerprint density at radius 1 is 0.480 bits per heavy atom. The van der Waals surface area contributed by atoms with E-state index in [1.54, 1.807) is 0 Å². The van der Waals surface area contributed by atoms with Crippen molar-refractivity contribution in [1.29, 1.82) is 0 Å². The van der Waals surface area contributed by atoms with Gasteiger partial charge in [0.15, 0.2) is 0 Å². The van der Waals surface area contributed by atoms with Gasteiger partial charge in [0, 0.05) is 13.2 Å². The molecule has 0 aliphatic heterocycles. The Labute approximate surface area is 159 Å². The van der Waals surface area contributed by atoms with Gasteiger partial charge in [0.05, 0.1) is 0 Å². The van der Waals surface area contributed by atoms with Crippen LogP contribution in [0.25, 0.3) is 0 Å². The highest BCUT2D eigenvalue weighted by Gasteiger charge is 1.94. The summed E-state index contributed by atoms with van der Waals surface area (Å²) in [5.74, 6) is 0.648. The van der Waals surface area contributed by atoms with Gasteiger partial charge in [-0.15, -0.1) is 0 Å². The average molecular weight is 359 g/mol. The van der Waals surface area contributed by atoms with E-state index in [2.05, 4.69) is 20.8 Å². The fraction of sp³-hybridized carbons (Fsp3) is 1.00. The van der Waals surface area contributed by atoms with Crippen molar-refractivity contribution in [2.45, 2.75) is 130 Å². The van der Waals surface area contributed by atoms with Gasteiger partial charge >= 0.3 is 0 Å². The lowest BCUT2D eigenvalue weighted by Gasteiger charge is -2.03. The van der Waals surface area contributed by atoms with E-state index in [9.17, 15) is 0 Å². The van der Waals surface area contributed by atoms with E-state index in [1.165, 1.54) is 96.3 Å². The molecule has 2 heteroatoms. The van der Waals surface area contributed by atoms with Crippen molar-refractivity contribution in [2.75, 3.05) is 13.2 Å². The summed E-state index contributed by atoms with van der Waals surface area (Å²) in [7, 11) is 0. The summed E-state index contributed by atoms with van der Waals surface area (Å²) in [5, 5.41) is 16.9. The molecule has 0 aromatic carbocycles. The molecule has 25 heavy (non-hydrogen) atoms. The summed E-state index contributed by atoms with van der Waals surface area (Å²) in [4.78, 5) is 0. The second-order valence-electron chi connectivity index (χ2n) is 7.93. The summed E-state index contributed by atoms with van der Waals surface area (Å²) in [6, 6.07) is 0. The standard InChI is InChI=1S/C18H38O.C5H12O/c1-2-3-4-5-6-7-8-9-10-11-12-13-14-15-16-17-18-19;1-5(2)3-4-6/h19H,2-18H2,1H3;5-6H,3-4H2,1-2H3. The molecule has 0 aromatic heterocycles. The van der Waals surface area contributed by atoms with E-state index in [0.717, 1.165) is 12.8 Å². The van der Waals surface area contributed by atoms with Crippen molar-refractivity contribution >= 4 is 0 Å². The van der Waals surface area contributed by atoms with Crippen LogP contribution in [0.5, 0.6) is 0 Å². The number of aliphatic hydroxyl groups is 2. The van der Waals surface area contributed by atoms with Crippen LogP contribution < -0.4 is 0 Å². The Kier molecular flexibility index (Phi) is 28.4. The van der Waals surface area contributed by atoms with Gasteiger partial charge < -0.3 is 10.2 Å². The smallest absolute Gasteiger partial charge is 0.0433 e. The Hall–Kier alpha value is -0.0800. The molecule has 0 radical (unpaired) electrons. The van der Waals surface area contributed by atoms with Crippen molar-refractivity contribution in [3.05, 3.63) is 0 Å². The van der Waals surface area contributed by atoms with E-state index in [-0.39, 0.29) is 0 Å². The van der Waals surface area contributed by atoms with Crippen LogP contribution in [0.15, 0.2) is 0 Å². The van der Waals surface area contributed by atoms with Crippen LogP contribution in [0, 0.1) is 5.92 Å². The molecule has 2 N–H and O–H groups in total. The minimum Gasteiger partial charge on any atom is -0.396 e. The molecule has 0 heterocycles. The summed E-state index contributed by atoms with van der Waals surface area (Å²) in [6.45, 7) is 7.18. The second-order valence-corrected chi connectivity index (χ2v) is 7.93. The number of hydrogen-bond acceptors (Lipinski definition) is 2. The number of hydrogen-bond donors (Lipinski definition) is 2. The molecule has 154 valence electrons. The van der Waals surface area contributed by atoms with Gasteiger partial charge in [-0.1, -0.05) is 117 Å². The maximum absolute atomic E-state index is 8.67. The Morgan fingerprint density at radius 2 is 0.800 bits per heavy atom. The third kappa shape index (κ3) is 32.1. The van der Waals surface area contributed by atoms with Crippen LogP contribution in [0.4, 0.5) is 0 Å². The van der Waals surface area contributed by atoms with E-state index < -0.39 is 0 Å². The minimum absolute atomic E-state index is 0.331. The van der Waals surface area contributed by atoms with Gasteiger partial charge in [-0.25, -0.2) is 0 Å². The molecular formula is C23H50O2. The fourth-order valence-corrected chi connectivity index (χ4v) is 2.92. The number of rotatable bonds is 18. The van der Waals surface area contributed by atoms with Gasteiger partial charge in [0.25, 0.3) is 0 Å². The fourth-order valence-electron chi connectivity index (χ4n) is 2.92. The molecule has 0 saturated heterocycles. The van der Waals surface area contributed by atoms with E-state index in [1.807, 2.05) is 0 Å². The molecule has 0 atom stereocenters. The van der Waals surface area contributed by atoms with Crippen molar-refractivity contribution in [2.24, 2.45) is 5.92 Å². The molecule has 0 aromatic rings. The SMILES string of the molecule is CC(C)CCO.CCCCCCCCCCCCCCCCCCO. The van der Waals surface area contributed by atoms with E-state index >= 15 is 0 Å². The zero-order valence-electron chi connectivity index (χ0n) is 17.9. The Balaban J connectivity index is 0. The molecule has 0 fully saturated rings. The normalized spacial score (nSPS) is 10.8. The summed E-state index contributed by atoms with van der Waals surface area (Å²) >= 11 is 0. The first-order valence-electron chi connectivity index (χ1n) is 11.4. The van der Waals surface area contributed by atoms with Crippen molar-refractivity contribution in [1.82, 2.24) is 0 Å². The lowest BCUT2D eigenvalue weighted by Crippen LogP contribution is -1.89. The maximum atomic E-state index is 8.67. The van der Waals surface area contributed by atoms with Crippen LogP contribution in [0.1, 0.15) is 130 Å². The molecule has 0 rings (SSSR count). The first-order valence-corrected chi connectivity index (χ1v) is 11.4. The zero-order chi connectivity index (χ0) is 19.0. The molecular weight excluding hydrogens is 308 g/mol. The highest BCUT2D eigenvalue weighted by atomic mass is 16.3. The largest absolute Gasteiger partial charge is 0.396 e. The maximum Gasteiger partial charge on any atom is 0.0433 e. The molecule has 0 aliphatic rings. The van der Waals surface area contributed by atoms with Gasteiger partial charge in [0.1, 0.15) is 0 Å². The first-order chi connectivity index (χ1) is 12.2. The van der Waals surface area contributed by atoms with Crippen molar-refractivity contribution in [3.63, 3.8) is 0 Å². The minimum atomic E-state index is 0.331. The predicted molar refractivity (Wildman–Crippen MR) is 113 cm³/mol. The average Bonchev–Trinajstić information content (AvgIpc) is 2.59. The van der Waals surface area contributed by atoms with Crippen LogP contribution in [-0.4, -0.2) is 23.4 Å². The molecule has 0 amide bonds. The topological polar surface area (TPSA) is 40.5 Å². The lowest BCUT2D eigenvalue weighted by molar-refractivity contribution is 0.268. The Bertz CT molecular complexity index is 188. The zero-order valence-corrected chi connectivity index (χ0v) is 17.9. The van der Waals surface area contributed by atoms with E-state index in [0.29, 0.717) is 19.1 Å². The van der Waals surface area contributed by atoms with Crippen molar-refractivity contribution in [3.8, 4) is 0 Å². The summed E-state index contributed by atoms with van der Waals surface area (Å²) in [5.41, 5.74) is 0. The van der Waals surface area contributed by atoms with Gasteiger partial charge in [-0.3, -0.25) is 0 Å². The molecule has 0 spiro atoms. The number of aliphatic hydroxyl groups excluding tert-OH is 2. The summed E-state index contributed by atoms with van der Waals surface area (Å²) in [6.07, 6.45) is 23.1. The van der Waals surface area contributed by atoms with Crippen LogP contribution in [-0.2, 0) is 0 Å². The highest BCUT2D eigenvalue weighted by molar-refractivity contribution is 4.49.